The summed E-state index contributed by atoms with van der Waals surface area (Å²) in [6.07, 6.45) is 1.39. The van der Waals surface area contributed by atoms with E-state index in [0.29, 0.717) is 25.1 Å². The quantitative estimate of drug-likeness (QED) is 0.840. The number of likely N-dealkylation sites (N-methyl/N-ethyl adjacent to an activating group) is 1. The highest BCUT2D eigenvalue weighted by atomic mass is 16.2. The average Bonchev–Trinajstić information content (AvgIpc) is 2.85. The van der Waals surface area contributed by atoms with E-state index in [1.165, 1.54) is 0 Å². The number of anilines is 1. The van der Waals surface area contributed by atoms with Crippen molar-refractivity contribution in [3.05, 3.63) is 29.8 Å². The number of benzene rings is 1. The summed E-state index contributed by atoms with van der Waals surface area (Å²) in [7, 11) is 0. The molecule has 2 rings (SSSR count). The third-order valence-corrected chi connectivity index (χ3v) is 3.67. The number of nitrogens with zero attached hydrogens (tertiary/aromatic N) is 1. The molecule has 1 heterocycles. The molecule has 5 nitrogen and oxygen atoms in total. The molecular formula is C16H23N3O2. The van der Waals surface area contributed by atoms with E-state index >= 15 is 0 Å². The lowest BCUT2D eigenvalue weighted by Gasteiger charge is -2.16. The molecule has 2 N–H and O–H groups in total. The fraction of sp³-hybridized carbons (Fsp3) is 0.500. The lowest BCUT2D eigenvalue weighted by atomic mass is 10.1. The van der Waals surface area contributed by atoms with Gasteiger partial charge in [0, 0.05) is 31.7 Å². The van der Waals surface area contributed by atoms with E-state index in [-0.39, 0.29) is 17.9 Å². The van der Waals surface area contributed by atoms with Crippen molar-refractivity contribution in [1.29, 1.82) is 0 Å². The van der Waals surface area contributed by atoms with Crippen molar-refractivity contribution in [2.45, 2.75) is 32.7 Å². The van der Waals surface area contributed by atoms with Gasteiger partial charge < -0.3 is 15.5 Å². The molecule has 1 saturated heterocycles. The van der Waals surface area contributed by atoms with E-state index in [1.807, 2.05) is 31.2 Å². The largest absolute Gasteiger partial charge is 0.384 e. The molecule has 1 aromatic rings. The van der Waals surface area contributed by atoms with Gasteiger partial charge in [0.1, 0.15) is 0 Å². The maximum absolute atomic E-state index is 12.4. The topological polar surface area (TPSA) is 61.4 Å². The molecule has 0 aliphatic carbocycles. The van der Waals surface area contributed by atoms with Gasteiger partial charge in [-0.2, -0.15) is 0 Å². The molecule has 1 fully saturated rings. The Morgan fingerprint density at radius 2 is 2.10 bits per heavy atom. The zero-order chi connectivity index (χ0) is 15.2. The zero-order valence-electron chi connectivity index (χ0n) is 12.7. The van der Waals surface area contributed by atoms with Crippen molar-refractivity contribution >= 4 is 17.5 Å². The summed E-state index contributed by atoms with van der Waals surface area (Å²) in [4.78, 5) is 25.9. The van der Waals surface area contributed by atoms with Crippen LogP contribution < -0.4 is 10.6 Å². The van der Waals surface area contributed by atoms with Crippen LogP contribution in [0.25, 0.3) is 0 Å². The lowest BCUT2D eigenvalue weighted by molar-refractivity contribution is -0.127. The van der Waals surface area contributed by atoms with Crippen molar-refractivity contribution in [3.8, 4) is 0 Å². The van der Waals surface area contributed by atoms with Crippen LogP contribution >= 0.6 is 0 Å². The molecule has 1 aromatic carbocycles. The van der Waals surface area contributed by atoms with Crippen LogP contribution in [0.1, 0.15) is 37.0 Å². The number of carbonyl (C=O) groups is 2. The maximum atomic E-state index is 12.4. The molecule has 0 bridgehead atoms. The highest BCUT2D eigenvalue weighted by Crippen LogP contribution is 2.17. The van der Waals surface area contributed by atoms with Crippen LogP contribution in [0.4, 0.5) is 5.69 Å². The van der Waals surface area contributed by atoms with Crippen LogP contribution in [0.2, 0.25) is 0 Å². The Labute approximate surface area is 125 Å². The number of hydrogen-bond acceptors (Lipinski definition) is 3. The molecule has 1 aliphatic rings. The van der Waals surface area contributed by atoms with Crippen LogP contribution in [0.15, 0.2) is 24.3 Å². The van der Waals surface area contributed by atoms with Gasteiger partial charge in [0.05, 0.1) is 11.6 Å². The van der Waals surface area contributed by atoms with E-state index in [0.717, 1.165) is 18.7 Å². The van der Waals surface area contributed by atoms with Gasteiger partial charge in [0.25, 0.3) is 5.91 Å². The number of hydrogen-bond donors (Lipinski definition) is 2. The van der Waals surface area contributed by atoms with Crippen LogP contribution in [-0.2, 0) is 4.79 Å². The van der Waals surface area contributed by atoms with Crippen LogP contribution in [0.5, 0.6) is 0 Å². The zero-order valence-corrected chi connectivity index (χ0v) is 12.7. The Kier molecular flexibility index (Phi) is 5.20. The number of amides is 2. The van der Waals surface area contributed by atoms with Gasteiger partial charge in [-0.05, 0) is 25.5 Å². The first kappa shape index (κ1) is 15.4. The molecule has 0 aromatic heterocycles. The summed E-state index contributed by atoms with van der Waals surface area (Å²) in [6, 6.07) is 7.38. The van der Waals surface area contributed by atoms with Crippen molar-refractivity contribution in [3.63, 3.8) is 0 Å². The Morgan fingerprint density at radius 1 is 1.33 bits per heavy atom. The van der Waals surface area contributed by atoms with Crippen LogP contribution in [-0.4, -0.2) is 42.4 Å². The number of likely N-dealkylation sites (tertiary alicyclic amines) is 1. The predicted octanol–water partition coefficient (Wildman–Crippen LogP) is 1.86. The molecular weight excluding hydrogens is 266 g/mol. The Bertz CT molecular complexity index is 516. The first-order chi connectivity index (χ1) is 10.2. The summed E-state index contributed by atoms with van der Waals surface area (Å²) >= 11 is 0. The fourth-order valence-corrected chi connectivity index (χ4v) is 2.53. The summed E-state index contributed by atoms with van der Waals surface area (Å²) < 4.78 is 0. The Morgan fingerprint density at radius 3 is 2.76 bits per heavy atom. The third-order valence-electron chi connectivity index (χ3n) is 3.67. The molecule has 2 amide bonds. The standard InChI is InChI=1S/C16H23N3O2/c1-3-9-17-14-8-6-5-7-13(14)16(21)18-12-10-15(20)19(4-2)11-12/h5-8,12,17H,3-4,9-11H2,1-2H3,(H,18,21)/t12-/m0/s1. The molecule has 1 aliphatic heterocycles. The number of para-hydroxylation sites is 1. The molecule has 0 saturated carbocycles. The van der Waals surface area contributed by atoms with E-state index in [4.69, 9.17) is 0 Å². The van der Waals surface area contributed by atoms with Gasteiger partial charge in [0.15, 0.2) is 0 Å². The Balaban J connectivity index is 2.02. The van der Waals surface area contributed by atoms with E-state index in [1.54, 1.807) is 4.90 Å². The highest BCUT2D eigenvalue weighted by molar-refractivity contribution is 6.00. The number of carbonyl (C=O) groups excluding carboxylic acids is 2. The average molecular weight is 289 g/mol. The minimum absolute atomic E-state index is 0.0934. The predicted molar refractivity (Wildman–Crippen MR) is 83.3 cm³/mol. The van der Waals surface area contributed by atoms with Gasteiger partial charge in [0.2, 0.25) is 5.91 Å². The summed E-state index contributed by atoms with van der Waals surface area (Å²) in [5, 5.41) is 6.22. The van der Waals surface area contributed by atoms with Crippen molar-refractivity contribution in [1.82, 2.24) is 10.2 Å². The minimum Gasteiger partial charge on any atom is -0.384 e. The normalized spacial score (nSPS) is 17.9. The molecule has 21 heavy (non-hydrogen) atoms. The minimum atomic E-state index is -0.120. The lowest BCUT2D eigenvalue weighted by Crippen LogP contribution is -2.37. The summed E-state index contributed by atoms with van der Waals surface area (Å²) in [5.74, 6) is -0.00912. The number of nitrogens with one attached hydrogen (secondary N) is 2. The monoisotopic (exact) mass is 289 g/mol. The first-order valence-corrected chi connectivity index (χ1v) is 7.57. The second-order valence-electron chi connectivity index (χ2n) is 5.28. The molecule has 0 unspecified atom stereocenters. The van der Waals surface area contributed by atoms with Crippen LogP contribution in [0, 0.1) is 0 Å². The second kappa shape index (κ2) is 7.11. The second-order valence-corrected chi connectivity index (χ2v) is 5.28. The summed E-state index contributed by atoms with van der Waals surface area (Å²) in [5.41, 5.74) is 1.47. The van der Waals surface area contributed by atoms with Crippen LogP contribution in [0.3, 0.4) is 0 Å². The van der Waals surface area contributed by atoms with Crippen molar-refractivity contribution in [2.75, 3.05) is 25.0 Å². The van der Waals surface area contributed by atoms with Gasteiger partial charge in [-0.15, -0.1) is 0 Å². The van der Waals surface area contributed by atoms with E-state index < -0.39 is 0 Å². The van der Waals surface area contributed by atoms with Crippen molar-refractivity contribution in [2.24, 2.45) is 0 Å². The molecule has 0 radical (unpaired) electrons. The highest BCUT2D eigenvalue weighted by Gasteiger charge is 2.29. The van der Waals surface area contributed by atoms with Gasteiger partial charge in [-0.25, -0.2) is 0 Å². The third kappa shape index (κ3) is 3.74. The van der Waals surface area contributed by atoms with E-state index in [2.05, 4.69) is 17.6 Å². The molecule has 114 valence electrons. The maximum Gasteiger partial charge on any atom is 0.253 e. The van der Waals surface area contributed by atoms with Gasteiger partial charge >= 0.3 is 0 Å². The fourth-order valence-electron chi connectivity index (χ4n) is 2.53. The smallest absolute Gasteiger partial charge is 0.253 e. The Hall–Kier alpha value is -2.04. The van der Waals surface area contributed by atoms with Crippen molar-refractivity contribution < 1.29 is 9.59 Å². The molecule has 0 spiro atoms. The van der Waals surface area contributed by atoms with Gasteiger partial charge in [-0.1, -0.05) is 19.1 Å². The SMILES string of the molecule is CCCNc1ccccc1C(=O)N[C@H]1CC(=O)N(CC)C1. The number of rotatable bonds is 6. The molecule has 5 heteroatoms. The van der Waals surface area contributed by atoms with Gasteiger partial charge in [-0.3, -0.25) is 9.59 Å². The first-order valence-electron chi connectivity index (χ1n) is 7.57. The molecule has 1 atom stereocenters. The summed E-state index contributed by atoms with van der Waals surface area (Å²) in [6.45, 7) is 6.16. The van der Waals surface area contributed by atoms with E-state index in [9.17, 15) is 9.59 Å².